The number of hydrogen-bond acceptors (Lipinski definition) is 5. The van der Waals surface area contributed by atoms with Gasteiger partial charge in [0, 0.05) is 37.2 Å². The number of nitrogens with zero attached hydrogens (tertiary/aromatic N) is 2. The molecule has 7 nitrogen and oxygen atoms in total. The number of carbonyl (C=O) groups excluding carboxylic acids is 2. The lowest BCUT2D eigenvalue weighted by Gasteiger charge is -2.28. The zero-order valence-corrected chi connectivity index (χ0v) is 15.6. The molecule has 1 fully saturated rings. The summed E-state index contributed by atoms with van der Waals surface area (Å²) < 4.78 is 36.6. The van der Waals surface area contributed by atoms with Crippen molar-refractivity contribution in [2.24, 2.45) is 0 Å². The number of carbonyl (C=O) groups is 2. The minimum Gasteiger partial charge on any atom is -0.485 e. The predicted molar refractivity (Wildman–Crippen MR) is 94.5 cm³/mol. The van der Waals surface area contributed by atoms with Crippen LogP contribution in [0.3, 0.4) is 0 Å². The Balaban J connectivity index is 1.62. The van der Waals surface area contributed by atoms with Crippen LogP contribution >= 0.6 is 0 Å². The molecule has 0 aliphatic carbocycles. The van der Waals surface area contributed by atoms with E-state index in [2.05, 4.69) is 10.5 Å². The van der Waals surface area contributed by atoms with Gasteiger partial charge < -0.3 is 19.5 Å². The molecule has 0 radical (unpaired) electrons. The number of nitrogens with one attached hydrogen (secondary N) is 1. The van der Waals surface area contributed by atoms with Crippen molar-refractivity contribution >= 4 is 11.8 Å². The standard InChI is InChI=1S/C19H21F2N3O4/c1-11(2)24(9-12-3-6-18(25)22-12)19(26)17-8-14(28-23-17)10-27-13-4-5-15(20)16(21)7-13/h4-5,7-8,11-12H,3,6,9-10H2,1-2H3,(H,22,25)/t12-/m0/s1. The zero-order chi connectivity index (χ0) is 20.3. The second kappa shape index (κ2) is 8.37. The molecule has 1 aliphatic heterocycles. The van der Waals surface area contributed by atoms with Crippen LogP contribution in [0.15, 0.2) is 28.8 Å². The molecule has 28 heavy (non-hydrogen) atoms. The van der Waals surface area contributed by atoms with Crippen molar-refractivity contribution in [1.82, 2.24) is 15.4 Å². The molecule has 1 atom stereocenters. The molecule has 150 valence electrons. The number of amides is 2. The third-order valence-corrected chi connectivity index (χ3v) is 4.44. The van der Waals surface area contributed by atoms with E-state index in [-0.39, 0.29) is 47.7 Å². The van der Waals surface area contributed by atoms with Crippen LogP contribution in [-0.4, -0.2) is 40.5 Å². The maximum absolute atomic E-state index is 13.2. The minimum atomic E-state index is -1.02. The quantitative estimate of drug-likeness (QED) is 0.782. The van der Waals surface area contributed by atoms with Crippen LogP contribution in [0.25, 0.3) is 0 Å². The molecule has 0 spiro atoms. The van der Waals surface area contributed by atoms with E-state index in [0.29, 0.717) is 19.4 Å². The first-order chi connectivity index (χ1) is 13.3. The van der Waals surface area contributed by atoms with Crippen LogP contribution in [-0.2, 0) is 11.4 Å². The van der Waals surface area contributed by atoms with Crippen molar-refractivity contribution in [1.29, 1.82) is 0 Å². The molecule has 0 saturated carbocycles. The fourth-order valence-electron chi connectivity index (χ4n) is 2.93. The molecule has 2 heterocycles. The van der Waals surface area contributed by atoms with Crippen molar-refractivity contribution < 1.29 is 27.6 Å². The Bertz CT molecular complexity index is 869. The highest BCUT2D eigenvalue weighted by atomic mass is 19.2. The van der Waals surface area contributed by atoms with Gasteiger partial charge in [-0.2, -0.15) is 0 Å². The number of benzene rings is 1. The van der Waals surface area contributed by atoms with Gasteiger partial charge in [0.1, 0.15) is 12.4 Å². The molecule has 1 saturated heterocycles. The summed E-state index contributed by atoms with van der Waals surface area (Å²) in [6.45, 7) is 4.05. The van der Waals surface area contributed by atoms with Gasteiger partial charge in [0.15, 0.2) is 23.1 Å². The van der Waals surface area contributed by atoms with E-state index < -0.39 is 11.6 Å². The van der Waals surface area contributed by atoms with E-state index in [1.165, 1.54) is 12.1 Å². The summed E-state index contributed by atoms with van der Waals surface area (Å²) in [5.41, 5.74) is 0.113. The number of hydrogen-bond donors (Lipinski definition) is 1. The van der Waals surface area contributed by atoms with Crippen LogP contribution in [0.2, 0.25) is 0 Å². The van der Waals surface area contributed by atoms with Crippen molar-refractivity contribution in [2.45, 2.75) is 45.4 Å². The molecule has 0 unspecified atom stereocenters. The summed E-state index contributed by atoms with van der Waals surface area (Å²) >= 11 is 0. The third kappa shape index (κ3) is 4.65. The van der Waals surface area contributed by atoms with Crippen LogP contribution in [0.1, 0.15) is 42.9 Å². The SMILES string of the molecule is CC(C)N(C[C@@H]1CCC(=O)N1)C(=O)c1cc(COc2ccc(F)c(F)c2)on1. The summed E-state index contributed by atoms with van der Waals surface area (Å²) in [7, 11) is 0. The lowest BCUT2D eigenvalue weighted by atomic mass is 10.1. The van der Waals surface area contributed by atoms with Crippen molar-refractivity contribution in [3.63, 3.8) is 0 Å². The fraction of sp³-hybridized carbons (Fsp3) is 0.421. The Hall–Kier alpha value is -2.97. The van der Waals surface area contributed by atoms with Gasteiger partial charge in [-0.25, -0.2) is 8.78 Å². The van der Waals surface area contributed by atoms with Crippen LogP contribution in [0.5, 0.6) is 5.75 Å². The molecular weight excluding hydrogens is 372 g/mol. The summed E-state index contributed by atoms with van der Waals surface area (Å²) in [4.78, 5) is 25.8. The van der Waals surface area contributed by atoms with Crippen LogP contribution < -0.4 is 10.1 Å². The molecule has 0 bridgehead atoms. The van der Waals surface area contributed by atoms with Crippen molar-refractivity contribution in [2.75, 3.05) is 6.54 Å². The Labute approximate surface area is 160 Å². The van der Waals surface area contributed by atoms with Gasteiger partial charge in [0.05, 0.1) is 0 Å². The number of ether oxygens (including phenoxy) is 1. The monoisotopic (exact) mass is 393 g/mol. The molecule has 1 aromatic carbocycles. The maximum atomic E-state index is 13.2. The Morgan fingerprint density at radius 1 is 1.36 bits per heavy atom. The van der Waals surface area contributed by atoms with Gasteiger partial charge in [-0.05, 0) is 32.4 Å². The van der Waals surface area contributed by atoms with Gasteiger partial charge in [0.2, 0.25) is 5.91 Å². The molecule has 9 heteroatoms. The maximum Gasteiger partial charge on any atom is 0.276 e. The molecular formula is C19H21F2N3O4. The van der Waals surface area contributed by atoms with E-state index in [1.54, 1.807) is 4.90 Å². The van der Waals surface area contributed by atoms with Gasteiger partial charge >= 0.3 is 0 Å². The number of halogens is 2. The average Bonchev–Trinajstić information content (AvgIpc) is 3.29. The van der Waals surface area contributed by atoms with E-state index in [9.17, 15) is 18.4 Å². The van der Waals surface area contributed by atoms with E-state index in [0.717, 1.165) is 12.1 Å². The van der Waals surface area contributed by atoms with Crippen molar-refractivity contribution in [3.8, 4) is 5.75 Å². The summed E-state index contributed by atoms with van der Waals surface area (Å²) in [5.74, 6) is -1.92. The first-order valence-electron chi connectivity index (χ1n) is 8.97. The number of aromatic nitrogens is 1. The lowest BCUT2D eigenvalue weighted by Crippen LogP contribution is -2.45. The highest BCUT2D eigenvalue weighted by Crippen LogP contribution is 2.18. The highest BCUT2D eigenvalue weighted by Gasteiger charge is 2.28. The van der Waals surface area contributed by atoms with Crippen LogP contribution in [0.4, 0.5) is 8.78 Å². The van der Waals surface area contributed by atoms with E-state index in [4.69, 9.17) is 9.26 Å². The minimum absolute atomic E-state index is 0.0146. The predicted octanol–water partition coefficient (Wildman–Crippen LogP) is 2.66. The zero-order valence-electron chi connectivity index (χ0n) is 15.6. The highest BCUT2D eigenvalue weighted by molar-refractivity contribution is 5.92. The van der Waals surface area contributed by atoms with Gasteiger partial charge in [-0.3, -0.25) is 9.59 Å². The molecule has 2 amide bonds. The smallest absolute Gasteiger partial charge is 0.276 e. The normalized spacial score (nSPS) is 16.3. The Kier molecular flexibility index (Phi) is 5.91. The molecule has 1 N–H and O–H groups in total. The lowest BCUT2D eigenvalue weighted by molar-refractivity contribution is -0.119. The van der Waals surface area contributed by atoms with Gasteiger partial charge in [-0.1, -0.05) is 5.16 Å². The fourth-order valence-corrected chi connectivity index (χ4v) is 2.93. The first kappa shape index (κ1) is 19.8. The first-order valence-corrected chi connectivity index (χ1v) is 8.97. The summed E-state index contributed by atoms with van der Waals surface area (Å²) in [5, 5.41) is 6.63. The van der Waals surface area contributed by atoms with Gasteiger partial charge in [-0.15, -0.1) is 0 Å². The number of rotatable bonds is 7. The topological polar surface area (TPSA) is 84.7 Å². The molecule has 3 rings (SSSR count). The second-order valence-electron chi connectivity index (χ2n) is 6.90. The molecule has 2 aromatic rings. The third-order valence-electron chi connectivity index (χ3n) is 4.44. The Morgan fingerprint density at radius 2 is 2.14 bits per heavy atom. The average molecular weight is 393 g/mol. The molecule has 1 aliphatic rings. The van der Waals surface area contributed by atoms with Crippen molar-refractivity contribution in [3.05, 3.63) is 47.4 Å². The van der Waals surface area contributed by atoms with Gasteiger partial charge in [0.25, 0.3) is 5.91 Å². The van der Waals surface area contributed by atoms with E-state index >= 15 is 0 Å². The Morgan fingerprint density at radius 3 is 2.79 bits per heavy atom. The summed E-state index contributed by atoms with van der Waals surface area (Å²) in [6.07, 6.45) is 1.14. The largest absolute Gasteiger partial charge is 0.485 e. The van der Waals surface area contributed by atoms with Crippen LogP contribution in [0, 0.1) is 11.6 Å². The summed E-state index contributed by atoms with van der Waals surface area (Å²) in [6, 6.07) is 4.45. The molecule has 1 aromatic heterocycles. The van der Waals surface area contributed by atoms with E-state index in [1.807, 2.05) is 13.8 Å². The second-order valence-corrected chi connectivity index (χ2v) is 6.90.